The van der Waals surface area contributed by atoms with Crippen molar-refractivity contribution in [3.05, 3.63) is 29.0 Å². The summed E-state index contributed by atoms with van der Waals surface area (Å²) in [5.41, 5.74) is 1.09. The Bertz CT molecular complexity index is 373. The largest absolute Gasteiger partial charge is 0.396 e. The predicted molar refractivity (Wildman–Crippen MR) is 73.5 cm³/mol. The molecule has 4 heteroatoms. The van der Waals surface area contributed by atoms with Gasteiger partial charge in [0.05, 0.1) is 5.02 Å². The molecule has 0 aromatic carbocycles. The number of pyridine rings is 1. The zero-order chi connectivity index (χ0) is 12.8. The van der Waals surface area contributed by atoms with E-state index in [4.69, 9.17) is 11.6 Å². The van der Waals surface area contributed by atoms with Crippen molar-refractivity contribution in [2.45, 2.75) is 32.2 Å². The fourth-order valence-electron chi connectivity index (χ4n) is 2.73. The Morgan fingerprint density at radius 3 is 2.83 bits per heavy atom. The van der Waals surface area contributed by atoms with Crippen LogP contribution < -0.4 is 5.32 Å². The second-order valence-electron chi connectivity index (χ2n) is 5.09. The zero-order valence-corrected chi connectivity index (χ0v) is 11.4. The van der Waals surface area contributed by atoms with Crippen LogP contribution in [-0.2, 0) is 6.54 Å². The maximum absolute atomic E-state index is 9.36. The molecule has 1 saturated carbocycles. The fourth-order valence-corrected chi connectivity index (χ4v) is 2.92. The molecule has 3 nitrogen and oxygen atoms in total. The highest BCUT2D eigenvalue weighted by molar-refractivity contribution is 6.31. The first kappa shape index (κ1) is 13.8. The fraction of sp³-hybridized carbons (Fsp3) is 0.643. The van der Waals surface area contributed by atoms with Gasteiger partial charge >= 0.3 is 0 Å². The van der Waals surface area contributed by atoms with E-state index >= 15 is 0 Å². The SMILES string of the molecule is OCC1CCCCC1CNCc1ccncc1Cl. The average Bonchev–Trinajstić information content (AvgIpc) is 2.41. The molecule has 1 heterocycles. The van der Waals surface area contributed by atoms with Crippen molar-refractivity contribution in [1.29, 1.82) is 0 Å². The lowest BCUT2D eigenvalue weighted by atomic mass is 9.79. The van der Waals surface area contributed by atoms with E-state index in [1.807, 2.05) is 6.07 Å². The van der Waals surface area contributed by atoms with Gasteiger partial charge in [0, 0.05) is 25.5 Å². The lowest BCUT2D eigenvalue weighted by molar-refractivity contribution is 0.133. The molecule has 2 rings (SSSR count). The minimum absolute atomic E-state index is 0.322. The maximum atomic E-state index is 9.36. The van der Waals surface area contributed by atoms with Crippen LogP contribution in [0.15, 0.2) is 18.5 Å². The highest BCUT2D eigenvalue weighted by Gasteiger charge is 2.23. The van der Waals surface area contributed by atoms with Gasteiger partial charge in [0.1, 0.15) is 0 Å². The van der Waals surface area contributed by atoms with Crippen molar-refractivity contribution in [2.75, 3.05) is 13.2 Å². The third kappa shape index (κ3) is 3.67. The Morgan fingerprint density at radius 1 is 1.33 bits per heavy atom. The van der Waals surface area contributed by atoms with Crippen LogP contribution >= 0.6 is 11.6 Å². The van der Waals surface area contributed by atoms with Crippen molar-refractivity contribution in [3.63, 3.8) is 0 Å². The van der Waals surface area contributed by atoms with Gasteiger partial charge < -0.3 is 10.4 Å². The summed E-state index contributed by atoms with van der Waals surface area (Å²) in [6.45, 7) is 2.06. The topological polar surface area (TPSA) is 45.1 Å². The minimum atomic E-state index is 0.322. The highest BCUT2D eigenvalue weighted by atomic mass is 35.5. The molecule has 100 valence electrons. The van der Waals surface area contributed by atoms with Crippen LogP contribution in [0.5, 0.6) is 0 Å². The summed E-state index contributed by atoms with van der Waals surface area (Å²) >= 11 is 6.06. The first-order valence-electron chi connectivity index (χ1n) is 6.71. The molecule has 0 aliphatic heterocycles. The summed E-state index contributed by atoms with van der Waals surface area (Å²) in [6, 6.07) is 1.94. The molecule has 0 radical (unpaired) electrons. The number of nitrogens with zero attached hydrogens (tertiary/aromatic N) is 1. The molecular formula is C14H21ClN2O. The number of aliphatic hydroxyl groups is 1. The van der Waals surface area contributed by atoms with Crippen LogP contribution in [0.4, 0.5) is 0 Å². The summed E-state index contributed by atoms with van der Waals surface area (Å²) in [7, 11) is 0. The molecule has 2 unspecified atom stereocenters. The van der Waals surface area contributed by atoms with E-state index in [0.29, 0.717) is 23.5 Å². The van der Waals surface area contributed by atoms with Gasteiger partial charge in [-0.2, -0.15) is 0 Å². The van der Waals surface area contributed by atoms with Gasteiger partial charge in [-0.3, -0.25) is 4.98 Å². The van der Waals surface area contributed by atoms with Crippen molar-refractivity contribution < 1.29 is 5.11 Å². The standard InChI is InChI=1S/C14H21ClN2O/c15-14-9-16-6-5-12(14)8-17-7-11-3-1-2-4-13(11)10-18/h5-6,9,11,13,17-18H,1-4,7-8,10H2. The van der Waals surface area contributed by atoms with E-state index in [2.05, 4.69) is 10.3 Å². The first-order valence-corrected chi connectivity index (χ1v) is 7.09. The van der Waals surface area contributed by atoms with Crippen LogP contribution in [0.1, 0.15) is 31.2 Å². The zero-order valence-electron chi connectivity index (χ0n) is 10.6. The second-order valence-corrected chi connectivity index (χ2v) is 5.49. The molecule has 2 atom stereocenters. The molecule has 1 aliphatic rings. The summed E-state index contributed by atoms with van der Waals surface area (Å²) in [5, 5.41) is 13.5. The Morgan fingerprint density at radius 2 is 2.11 bits per heavy atom. The Labute approximate surface area is 114 Å². The Hall–Kier alpha value is -0.640. The normalized spacial score (nSPS) is 24.1. The summed E-state index contributed by atoms with van der Waals surface area (Å²) < 4.78 is 0. The van der Waals surface area contributed by atoms with E-state index in [-0.39, 0.29) is 0 Å². The van der Waals surface area contributed by atoms with Crippen molar-refractivity contribution in [3.8, 4) is 0 Å². The molecule has 0 spiro atoms. The number of hydrogen-bond donors (Lipinski definition) is 2. The summed E-state index contributed by atoms with van der Waals surface area (Å²) in [4.78, 5) is 3.98. The lowest BCUT2D eigenvalue weighted by Crippen LogP contribution is -2.32. The summed E-state index contributed by atoms with van der Waals surface area (Å²) in [5.74, 6) is 1.07. The van der Waals surface area contributed by atoms with Gasteiger partial charge in [0.2, 0.25) is 0 Å². The molecule has 2 N–H and O–H groups in total. The van der Waals surface area contributed by atoms with E-state index in [0.717, 1.165) is 18.7 Å². The van der Waals surface area contributed by atoms with Crippen molar-refractivity contribution in [2.24, 2.45) is 11.8 Å². The number of nitrogens with one attached hydrogen (secondary N) is 1. The highest BCUT2D eigenvalue weighted by Crippen LogP contribution is 2.29. The van der Waals surface area contributed by atoms with Gasteiger partial charge in [-0.1, -0.05) is 24.4 Å². The van der Waals surface area contributed by atoms with Gasteiger partial charge in [0.15, 0.2) is 0 Å². The Balaban J connectivity index is 1.79. The van der Waals surface area contributed by atoms with Crippen molar-refractivity contribution in [1.82, 2.24) is 10.3 Å². The number of halogens is 1. The van der Waals surface area contributed by atoms with Crippen LogP contribution in [-0.4, -0.2) is 23.2 Å². The third-order valence-corrected chi connectivity index (χ3v) is 4.22. The monoisotopic (exact) mass is 268 g/mol. The van der Waals surface area contributed by atoms with Crippen LogP contribution in [0.25, 0.3) is 0 Å². The van der Waals surface area contributed by atoms with E-state index in [1.54, 1.807) is 12.4 Å². The molecule has 18 heavy (non-hydrogen) atoms. The number of rotatable bonds is 5. The van der Waals surface area contributed by atoms with Crippen LogP contribution in [0.2, 0.25) is 5.02 Å². The summed E-state index contributed by atoms with van der Waals surface area (Å²) in [6.07, 6.45) is 8.38. The molecule has 0 bridgehead atoms. The number of aromatic nitrogens is 1. The molecule has 1 aromatic heterocycles. The lowest BCUT2D eigenvalue weighted by Gasteiger charge is -2.30. The van der Waals surface area contributed by atoms with Gasteiger partial charge in [-0.15, -0.1) is 0 Å². The van der Waals surface area contributed by atoms with Gasteiger partial charge in [-0.05, 0) is 42.9 Å². The predicted octanol–water partition coefficient (Wildman–Crippen LogP) is 2.62. The number of aliphatic hydroxyl groups excluding tert-OH is 1. The third-order valence-electron chi connectivity index (χ3n) is 3.88. The molecule has 0 amide bonds. The van der Waals surface area contributed by atoms with E-state index in [1.165, 1.54) is 25.7 Å². The van der Waals surface area contributed by atoms with Crippen molar-refractivity contribution >= 4 is 11.6 Å². The molecule has 0 saturated heterocycles. The molecule has 1 aliphatic carbocycles. The van der Waals surface area contributed by atoms with E-state index in [9.17, 15) is 5.11 Å². The Kier molecular flexibility index (Phi) is 5.42. The minimum Gasteiger partial charge on any atom is -0.396 e. The van der Waals surface area contributed by atoms with E-state index < -0.39 is 0 Å². The average molecular weight is 269 g/mol. The van der Waals surface area contributed by atoms with Crippen LogP contribution in [0.3, 0.4) is 0 Å². The second kappa shape index (κ2) is 7.07. The number of hydrogen-bond acceptors (Lipinski definition) is 3. The molecule has 1 fully saturated rings. The van der Waals surface area contributed by atoms with Gasteiger partial charge in [0.25, 0.3) is 0 Å². The molecular weight excluding hydrogens is 248 g/mol. The van der Waals surface area contributed by atoms with Gasteiger partial charge in [-0.25, -0.2) is 0 Å². The smallest absolute Gasteiger partial charge is 0.0634 e. The maximum Gasteiger partial charge on any atom is 0.0634 e. The molecule has 1 aromatic rings. The quantitative estimate of drug-likeness (QED) is 0.863. The first-order chi connectivity index (χ1) is 8.81. The van der Waals surface area contributed by atoms with Crippen LogP contribution in [0, 0.1) is 11.8 Å².